The molecular weight excluding hydrogens is 230 g/mol. The molecule has 0 bridgehead atoms. The van der Waals surface area contributed by atoms with Gasteiger partial charge in [0, 0.05) is 32.0 Å². The van der Waals surface area contributed by atoms with E-state index in [1.165, 1.54) is 0 Å². The number of nitrogens with zero attached hydrogens (tertiary/aromatic N) is 1. The summed E-state index contributed by atoms with van der Waals surface area (Å²) in [6, 6.07) is 0.230. The van der Waals surface area contributed by atoms with Crippen molar-refractivity contribution in [3.8, 4) is 0 Å². The molecular formula is C13H25N3O2. The fourth-order valence-electron chi connectivity index (χ4n) is 2.11. The van der Waals surface area contributed by atoms with Gasteiger partial charge in [-0.05, 0) is 25.3 Å². The van der Waals surface area contributed by atoms with Gasteiger partial charge >= 0.3 is 0 Å². The van der Waals surface area contributed by atoms with Gasteiger partial charge in [-0.25, -0.2) is 0 Å². The van der Waals surface area contributed by atoms with Crippen LogP contribution in [0.3, 0.4) is 0 Å². The number of likely N-dealkylation sites (tertiary alicyclic amines) is 1. The van der Waals surface area contributed by atoms with E-state index in [0.717, 1.165) is 25.9 Å². The first-order chi connectivity index (χ1) is 8.56. The van der Waals surface area contributed by atoms with Crippen LogP contribution in [0.15, 0.2) is 0 Å². The predicted molar refractivity (Wildman–Crippen MR) is 70.9 cm³/mol. The van der Waals surface area contributed by atoms with Crippen LogP contribution in [-0.4, -0.2) is 42.4 Å². The molecule has 0 saturated carbocycles. The summed E-state index contributed by atoms with van der Waals surface area (Å²) in [5.41, 5.74) is 5.52. The molecule has 104 valence electrons. The summed E-state index contributed by atoms with van der Waals surface area (Å²) in [5, 5.41) is 2.98. The smallest absolute Gasteiger partial charge is 0.222 e. The molecule has 5 nitrogen and oxygen atoms in total. The molecule has 0 aromatic carbocycles. The number of carbonyl (C=O) groups is 2. The standard InChI is InChI=1S/C13H25N3O2/c1-3-12(17)15-11-4-6-16(7-5-11)13(18)8-10(2)9-14/h10-11H,3-9,14H2,1-2H3,(H,15,17). The van der Waals surface area contributed by atoms with Gasteiger partial charge in [-0.1, -0.05) is 13.8 Å². The van der Waals surface area contributed by atoms with E-state index in [1.807, 2.05) is 18.7 Å². The average Bonchev–Trinajstić information content (AvgIpc) is 2.39. The fourth-order valence-corrected chi connectivity index (χ4v) is 2.11. The summed E-state index contributed by atoms with van der Waals surface area (Å²) in [6.45, 7) is 5.87. The quantitative estimate of drug-likeness (QED) is 0.750. The van der Waals surface area contributed by atoms with Crippen molar-refractivity contribution < 1.29 is 9.59 Å². The minimum Gasteiger partial charge on any atom is -0.353 e. The molecule has 0 radical (unpaired) electrons. The van der Waals surface area contributed by atoms with E-state index < -0.39 is 0 Å². The van der Waals surface area contributed by atoms with E-state index in [2.05, 4.69) is 5.32 Å². The molecule has 1 atom stereocenters. The second-order valence-electron chi connectivity index (χ2n) is 5.12. The largest absolute Gasteiger partial charge is 0.353 e. The number of nitrogens with two attached hydrogens (primary N) is 1. The Morgan fingerprint density at radius 1 is 1.39 bits per heavy atom. The number of rotatable bonds is 5. The Balaban J connectivity index is 2.30. The molecule has 1 aliphatic rings. The van der Waals surface area contributed by atoms with Gasteiger partial charge in [0.1, 0.15) is 0 Å². The number of hydrogen-bond acceptors (Lipinski definition) is 3. The first-order valence-electron chi connectivity index (χ1n) is 6.84. The van der Waals surface area contributed by atoms with Crippen molar-refractivity contribution in [2.75, 3.05) is 19.6 Å². The second kappa shape index (κ2) is 7.36. The average molecular weight is 255 g/mol. The van der Waals surface area contributed by atoms with Crippen molar-refractivity contribution in [1.82, 2.24) is 10.2 Å². The van der Waals surface area contributed by atoms with Crippen LogP contribution in [0.25, 0.3) is 0 Å². The SMILES string of the molecule is CCC(=O)NC1CCN(C(=O)CC(C)CN)CC1. The van der Waals surface area contributed by atoms with Crippen molar-refractivity contribution in [1.29, 1.82) is 0 Å². The van der Waals surface area contributed by atoms with Gasteiger partial charge in [0.2, 0.25) is 11.8 Å². The summed E-state index contributed by atoms with van der Waals surface area (Å²) in [5.74, 6) is 0.528. The normalized spacial score (nSPS) is 18.5. The van der Waals surface area contributed by atoms with Gasteiger partial charge in [-0.3, -0.25) is 9.59 Å². The number of hydrogen-bond donors (Lipinski definition) is 2. The molecule has 0 aromatic heterocycles. The molecule has 1 unspecified atom stereocenters. The maximum Gasteiger partial charge on any atom is 0.222 e. The summed E-state index contributed by atoms with van der Waals surface area (Å²) < 4.78 is 0. The topological polar surface area (TPSA) is 75.4 Å². The minimum absolute atomic E-state index is 0.0940. The third-order valence-corrected chi connectivity index (χ3v) is 3.46. The summed E-state index contributed by atoms with van der Waals surface area (Å²) >= 11 is 0. The highest BCUT2D eigenvalue weighted by molar-refractivity contribution is 5.77. The molecule has 1 rings (SSSR count). The van der Waals surface area contributed by atoms with Crippen LogP contribution < -0.4 is 11.1 Å². The van der Waals surface area contributed by atoms with Crippen LogP contribution in [0.1, 0.15) is 39.5 Å². The van der Waals surface area contributed by atoms with Gasteiger partial charge in [-0.15, -0.1) is 0 Å². The lowest BCUT2D eigenvalue weighted by atomic mass is 10.0. The zero-order valence-electron chi connectivity index (χ0n) is 11.4. The van der Waals surface area contributed by atoms with Crippen LogP contribution in [0, 0.1) is 5.92 Å². The van der Waals surface area contributed by atoms with Gasteiger partial charge in [0.05, 0.1) is 0 Å². The number of piperidine rings is 1. The number of nitrogens with one attached hydrogen (secondary N) is 1. The zero-order chi connectivity index (χ0) is 13.5. The van der Waals surface area contributed by atoms with Crippen molar-refractivity contribution in [2.45, 2.75) is 45.6 Å². The Morgan fingerprint density at radius 3 is 2.50 bits per heavy atom. The fraction of sp³-hybridized carbons (Fsp3) is 0.846. The van der Waals surface area contributed by atoms with Gasteiger partial charge < -0.3 is 16.0 Å². The minimum atomic E-state index is 0.0940. The summed E-state index contributed by atoms with van der Waals surface area (Å²) in [6.07, 6.45) is 2.76. The third-order valence-electron chi connectivity index (χ3n) is 3.46. The Morgan fingerprint density at radius 2 is 2.00 bits per heavy atom. The van der Waals surface area contributed by atoms with E-state index in [0.29, 0.717) is 19.4 Å². The first kappa shape index (κ1) is 15.0. The number of carbonyl (C=O) groups excluding carboxylic acids is 2. The highest BCUT2D eigenvalue weighted by Crippen LogP contribution is 2.13. The third kappa shape index (κ3) is 4.64. The van der Waals surface area contributed by atoms with Crippen LogP contribution in [0.2, 0.25) is 0 Å². The highest BCUT2D eigenvalue weighted by atomic mass is 16.2. The maximum absolute atomic E-state index is 11.9. The molecule has 1 fully saturated rings. The highest BCUT2D eigenvalue weighted by Gasteiger charge is 2.23. The molecule has 2 amide bonds. The lowest BCUT2D eigenvalue weighted by molar-refractivity contribution is -0.133. The summed E-state index contributed by atoms with van der Waals surface area (Å²) in [4.78, 5) is 25.1. The van der Waals surface area contributed by atoms with Crippen LogP contribution in [0.4, 0.5) is 0 Å². The van der Waals surface area contributed by atoms with Crippen LogP contribution in [0.5, 0.6) is 0 Å². The molecule has 1 aliphatic heterocycles. The number of amides is 2. The van der Waals surface area contributed by atoms with Gasteiger partial charge in [-0.2, -0.15) is 0 Å². The molecule has 1 saturated heterocycles. The van der Waals surface area contributed by atoms with Gasteiger partial charge in [0.15, 0.2) is 0 Å². The molecule has 3 N–H and O–H groups in total. The Labute approximate surface area is 109 Å². The van der Waals surface area contributed by atoms with E-state index in [-0.39, 0.29) is 23.8 Å². The Bertz CT molecular complexity index is 286. The van der Waals surface area contributed by atoms with Crippen molar-refractivity contribution in [3.63, 3.8) is 0 Å². The Kier molecular flexibility index (Phi) is 6.12. The maximum atomic E-state index is 11.9. The predicted octanol–water partition coefficient (Wildman–Crippen LogP) is 0.489. The lowest BCUT2D eigenvalue weighted by Crippen LogP contribution is -2.46. The van der Waals surface area contributed by atoms with Crippen LogP contribution in [-0.2, 0) is 9.59 Å². The van der Waals surface area contributed by atoms with Crippen molar-refractivity contribution in [2.24, 2.45) is 11.7 Å². The van der Waals surface area contributed by atoms with Gasteiger partial charge in [0.25, 0.3) is 0 Å². The molecule has 0 aromatic rings. The Hall–Kier alpha value is -1.10. The molecule has 5 heteroatoms. The van der Waals surface area contributed by atoms with E-state index in [9.17, 15) is 9.59 Å². The zero-order valence-corrected chi connectivity index (χ0v) is 11.4. The lowest BCUT2D eigenvalue weighted by Gasteiger charge is -2.33. The monoisotopic (exact) mass is 255 g/mol. The van der Waals surface area contributed by atoms with Crippen molar-refractivity contribution >= 4 is 11.8 Å². The first-order valence-corrected chi connectivity index (χ1v) is 6.84. The van der Waals surface area contributed by atoms with E-state index >= 15 is 0 Å². The molecule has 0 spiro atoms. The van der Waals surface area contributed by atoms with E-state index in [1.54, 1.807) is 0 Å². The molecule has 0 aliphatic carbocycles. The molecule has 1 heterocycles. The summed E-state index contributed by atoms with van der Waals surface area (Å²) in [7, 11) is 0. The molecule has 18 heavy (non-hydrogen) atoms. The van der Waals surface area contributed by atoms with E-state index in [4.69, 9.17) is 5.73 Å². The van der Waals surface area contributed by atoms with Crippen molar-refractivity contribution in [3.05, 3.63) is 0 Å². The van der Waals surface area contributed by atoms with Crippen LogP contribution >= 0.6 is 0 Å². The second-order valence-corrected chi connectivity index (χ2v) is 5.12.